The van der Waals surface area contributed by atoms with Gasteiger partial charge >= 0.3 is 0 Å². The quantitative estimate of drug-likeness (QED) is 0.656. The van der Waals surface area contributed by atoms with E-state index >= 15 is 0 Å². The summed E-state index contributed by atoms with van der Waals surface area (Å²) in [5, 5.41) is 3.43. The van der Waals surface area contributed by atoms with E-state index in [-0.39, 0.29) is 0 Å². The van der Waals surface area contributed by atoms with Crippen molar-refractivity contribution in [2.75, 3.05) is 25.2 Å². The summed E-state index contributed by atoms with van der Waals surface area (Å²) in [5.41, 5.74) is 0. The van der Waals surface area contributed by atoms with Gasteiger partial charge in [-0.25, -0.2) is 0 Å². The molecule has 1 N–H and O–H groups in total. The molecule has 0 heterocycles. The van der Waals surface area contributed by atoms with Crippen molar-refractivity contribution in [3.63, 3.8) is 0 Å². The van der Waals surface area contributed by atoms with Gasteiger partial charge in [0.05, 0.1) is 12.7 Å². The Labute approximate surface area is 86.8 Å². The first-order valence-corrected chi connectivity index (χ1v) is 6.44. The Morgan fingerprint density at radius 2 is 2.08 bits per heavy atom. The van der Waals surface area contributed by atoms with Gasteiger partial charge in [-0.1, -0.05) is 6.92 Å². The zero-order valence-electron chi connectivity index (χ0n) is 9.30. The lowest BCUT2D eigenvalue weighted by Gasteiger charge is -2.18. The van der Waals surface area contributed by atoms with Crippen molar-refractivity contribution >= 4 is 11.8 Å². The van der Waals surface area contributed by atoms with Crippen LogP contribution >= 0.6 is 11.8 Å². The molecule has 0 aliphatic heterocycles. The number of thioether (sulfide) groups is 1. The number of hydrogen-bond acceptors (Lipinski definition) is 3. The van der Waals surface area contributed by atoms with Crippen LogP contribution in [0.25, 0.3) is 0 Å². The topological polar surface area (TPSA) is 21.3 Å². The Morgan fingerprint density at radius 3 is 2.54 bits per heavy atom. The van der Waals surface area contributed by atoms with Crippen LogP contribution in [-0.2, 0) is 4.74 Å². The Balaban J connectivity index is 3.53. The highest BCUT2D eigenvalue weighted by Crippen LogP contribution is 2.02. The molecule has 13 heavy (non-hydrogen) atoms. The SMILES string of the molecule is CCNC(CCSC)COC(C)C. The second kappa shape index (κ2) is 8.85. The minimum Gasteiger partial charge on any atom is -0.377 e. The third-order valence-corrected chi connectivity index (χ3v) is 2.44. The molecule has 0 saturated carbocycles. The van der Waals surface area contributed by atoms with Crippen molar-refractivity contribution in [3.05, 3.63) is 0 Å². The zero-order chi connectivity index (χ0) is 10.1. The molecular weight excluding hydrogens is 182 g/mol. The maximum absolute atomic E-state index is 5.58. The summed E-state index contributed by atoms with van der Waals surface area (Å²) in [7, 11) is 0. The van der Waals surface area contributed by atoms with Gasteiger partial charge in [-0.05, 0) is 38.8 Å². The summed E-state index contributed by atoms with van der Waals surface area (Å²) < 4.78 is 5.58. The molecule has 0 radical (unpaired) electrons. The van der Waals surface area contributed by atoms with E-state index in [1.165, 1.54) is 12.2 Å². The van der Waals surface area contributed by atoms with E-state index in [1.807, 2.05) is 11.8 Å². The maximum atomic E-state index is 5.58. The van der Waals surface area contributed by atoms with Crippen LogP contribution in [0.3, 0.4) is 0 Å². The Bertz CT molecular complexity index is 109. The molecule has 1 atom stereocenters. The predicted octanol–water partition coefficient (Wildman–Crippen LogP) is 2.14. The average Bonchev–Trinajstić information content (AvgIpc) is 2.09. The lowest BCUT2D eigenvalue weighted by Crippen LogP contribution is -2.34. The van der Waals surface area contributed by atoms with E-state index in [4.69, 9.17) is 4.74 Å². The van der Waals surface area contributed by atoms with Gasteiger partial charge in [0.1, 0.15) is 0 Å². The van der Waals surface area contributed by atoms with Gasteiger partial charge in [0, 0.05) is 6.04 Å². The molecule has 3 heteroatoms. The first-order chi connectivity index (χ1) is 6.20. The van der Waals surface area contributed by atoms with Gasteiger partial charge in [-0.3, -0.25) is 0 Å². The predicted molar refractivity (Wildman–Crippen MR) is 61.6 cm³/mol. The minimum atomic E-state index is 0.343. The van der Waals surface area contributed by atoms with Crippen molar-refractivity contribution in [2.24, 2.45) is 0 Å². The van der Waals surface area contributed by atoms with Crippen LogP contribution in [0.4, 0.5) is 0 Å². The molecule has 0 fully saturated rings. The highest BCUT2D eigenvalue weighted by atomic mass is 32.2. The summed E-state index contributed by atoms with van der Waals surface area (Å²) in [5.74, 6) is 1.21. The molecule has 2 nitrogen and oxygen atoms in total. The summed E-state index contributed by atoms with van der Waals surface area (Å²) in [6, 6.07) is 0.528. The van der Waals surface area contributed by atoms with Crippen LogP contribution in [0.5, 0.6) is 0 Å². The Hall–Kier alpha value is 0.270. The lowest BCUT2D eigenvalue weighted by molar-refractivity contribution is 0.0611. The summed E-state index contributed by atoms with van der Waals surface area (Å²) in [4.78, 5) is 0. The summed E-state index contributed by atoms with van der Waals surface area (Å²) in [6.07, 6.45) is 3.68. The highest BCUT2D eigenvalue weighted by molar-refractivity contribution is 7.98. The molecule has 0 aliphatic rings. The van der Waals surface area contributed by atoms with Crippen LogP contribution in [0, 0.1) is 0 Å². The van der Waals surface area contributed by atoms with E-state index in [9.17, 15) is 0 Å². The summed E-state index contributed by atoms with van der Waals surface area (Å²) in [6.45, 7) is 8.17. The fourth-order valence-corrected chi connectivity index (χ4v) is 1.62. The first kappa shape index (κ1) is 13.3. The normalized spacial score (nSPS) is 13.6. The molecule has 0 saturated heterocycles. The number of rotatable bonds is 8. The number of ether oxygens (including phenoxy) is 1. The number of likely N-dealkylation sites (N-methyl/N-ethyl adjacent to an activating group) is 1. The lowest BCUT2D eigenvalue weighted by atomic mass is 10.2. The van der Waals surface area contributed by atoms with Gasteiger partial charge in [-0.2, -0.15) is 11.8 Å². The van der Waals surface area contributed by atoms with Crippen molar-refractivity contribution in [1.82, 2.24) is 5.32 Å². The number of nitrogens with one attached hydrogen (secondary N) is 1. The third kappa shape index (κ3) is 8.60. The van der Waals surface area contributed by atoms with Crippen LogP contribution < -0.4 is 5.32 Å². The molecule has 0 bridgehead atoms. The average molecular weight is 205 g/mol. The molecule has 0 spiro atoms. The number of hydrogen-bond donors (Lipinski definition) is 1. The zero-order valence-corrected chi connectivity index (χ0v) is 10.1. The highest BCUT2D eigenvalue weighted by Gasteiger charge is 2.07. The minimum absolute atomic E-state index is 0.343. The fourth-order valence-electron chi connectivity index (χ4n) is 1.10. The molecule has 0 aromatic heterocycles. The van der Waals surface area contributed by atoms with Gasteiger partial charge in [0.15, 0.2) is 0 Å². The largest absolute Gasteiger partial charge is 0.377 e. The standard InChI is InChI=1S/C10H23NOS/c1-5-11-10(6-7-13-4)8-12-9(2)3/h9-11H,5-8H2,1-4H3. The molecule has 80 valence electrons. The fraction of sp³-hybridized carbons (Fsp3) is 1.00. The third-order valence-electron chi connectivity index (χ3n) is 1.79. The van der Waals surface area contributed by atoms with Gasteiger partial charge in [-0.15, -0.1) is 0 Å². The molecule has 0 aromatic carbocycles. The second-order valence-corrected chi connectivity index (χ2v) is 4.40. The van der Waals surface area contributed by atoms with E-state index in [0.29, 0.717) is 12.1 Å². The monoisotopic (exact) mass is 205 g/mol. The van der Waals surface area contributed by atoms with E-state index in [2.05, 4.69) is 32.3 Å². The molecular formula is C10H23NOS. The Morgan fingerprint density at radius 1 is 1.38 bits per heavy atom. The van der Waals surface area contributed by atoms with Gasteiger partial charge in [0.25, 0.3) is 0 Å². The first-order valence-electron chi connectivity index (χ1n) is 5.04. The van der Waals surface area contributed by atoms with Crippen LogP contribution in [0.15, 0.2) is 0 Å². The summed E-state index contributed by atoms with van der Waals surface area (Å²) >= 11 is 1.89. The van der Waals surface area contributed by atoms with Crippen molar-refractivity contribution < 1.29 is 4.74 Å². The molecule has 1 unspecified atom stereocenters. The van der Waals surface area contributed by atoms with Crippen molar-refractivity contribution in [2.45, 2.75) is 39.3 Å². The van der Waals surface area contributed by atoms with E-state index < -0.39 is 0 Å². The van der Waals surface area contributed by atoms with E-state index in [0.717, 1.165) is 13.2 Å². The second-order valence-electron chi connectivity index (χ2n) is 3.42. The van der Waals surface area contributed by atoms with Gasteiger partial charge in [0.2, 0.25) is 0 Å². The molecule has 0 aliphatic carbocycles. The Kier molecular flexibility index (Phi) is 9.03. The van der Waals surface area contributed by atoms with Crippen LogP contribution in [0.1, 0.15) is 27.2 Å². The van der Waals surface area contributed by atoms with Crippen molar-refractivity contribution in [3.8, 4) is 0 Å². The molecule has 0 aromatic rings. The smallest absolute Gasteiger partial charge is 0.0623 e. The maximum Gasteiger partial charge on any atom is 0.0623 e. The van der Waals surface area contributed by atoms with E-state index in [1.54, 1.807) is 0 Å². The van der Waals surface area contributed by atoms with Crippen LogP contribution in [-0.4, -0.2) is 37.3 Å². The van der Waals surface area contributed by atoms with Crippen molar-refractivity contribution in [1.29, 1.82) is 0 Å². The molecule has 0 rings (SSSR count). The van der Waals surface area contributed by atoms with Crippen LogP contribution in [0.2, 0.25) is 0 Å². The van der Waals surface area contributed by atoms with Gasteiger partial charge < -0.3 is 10.1 Å². The molecule has 0 amide bonds.